The topological polar surface area (TPSA) is 129 Å². The molecule has 162 valence electrons. The van der Waals surface area contributed by atoms with Gasteiger partial charge in [0, 0.05) is 25.8 Å². The SMILES string of the molecule is CNC(=O)CNC(=O)NCCNc1cccc(S(=O)(=O)N(I)OC2CCCC2)c1. The molecule has 2 rings (SSSR count). The molecule has 1 aliphatic carbocycles. The Labute approximate surface area is 184 Å². The molecule has 29 heavy (non-hydrogen) atoms. The number of nitrogens with one attached hydrogen (secondary N) is 4. The highest BCUT2D eigenvalue weighted by Gasteiger charge is 2.28. The number of rotatable bonds is 10. The van der Waals surface area contributed by atoms with Crippen LogP contribution in [-0.4, -0.2) is 55.8 Å². The normalized spacial score (nSPS) is 14.6. The third kappa shape index (κ3) is 7.60. The lowest BCUT2D eigenvalue weighted by Crippen LogP contribution is -2.42. The van der Waals surface area contributed by atoms with Crippen molar-refractivity contribution in [3.05, 3.63) is 24.3 Å². The lowest BCUT2D eigenvalue weighted by atomic mass is 10.3. The van der Waals surface area contributed by atoms with E-state index in [0.717, 1.165) is 28.4 Å². The number of sulfonamides is 1. The zero-order valence-electron chi connectivity index (χ0n) is 16.1. The molecule has 0 aliphatic heterocycles. The lowest BCUT2D eigenvalue weighted by molar-refractivity contribution is -0.119. The highest BCUT2D eigenvalue weighted by Crippen LogP contribution is 2.28. The Morgan fingerprint density at radius 1 is 1.21 bits per heavy atom. The van der Waals surface area contributed by atoms with Crippen LogP contribution in [0.4, 0.5) is 10.5 Å². The van der Waals surface area contributed by atoms with E-state index in [1.54, 1.807) is 35.0 Å². The maximum atomic E-state index is 12.7. The first kappa shape index (κ1) is 23.6. The van der Waals surface area contributed by atoms with Gasteiger partial charge in [-0.15, -0.1) is 0 Å². The summed E-state index contributed by atoms with van der Waals surface area (Å²) in [6, 6.07) is 5.94. The van der Waals surface area contributed by atoms with Gasteiger partial charge in [-0.25, -0.2) is 13.2 Å². The average Bonchev–Trinajstić information content (AvgIpc) is 3.22. The van der Waals surface area contributed by atoms with Crippen molar-refractivity contribution in [3.63, 3.8) is 0 Å². The first-order valence-corrected chi connectivity index (χ1v) is 11.7. The first-order valence-electron chi connectivity index (χ1n) is 9.27. The van der Waals surface area contributed by atoms with E-state index < -0.39 is 16.1 Å². The Morgan fingerprint density at radius 3 is 2.62 bits per heavy atom. The van der Waals surface area contributed by atoms with Gasteiger partial charge < -0.3 is 21.3 Å². The van der Waals surface area contributed by atoms with Crippen LogP contribution in [0.2, 0.25) is 0 Å². The molecule has 0 aromatic heterocycles. The molecular formula is C17H26IN5O5S. The van der Waals surface area contributed by atoms with Crippen LogP contribution in [0.25, 0.3) is 0 Å². The van der Waals surface area contributed by atoms with Gasteiger partial charge in [-0.3, -0.25) is 9.63 Å². The van der Waals surface area contributed by atoms with Gasteiger partial charge in [-0.2, -0.15) is 0 Å². The smallest absolute Gasteiger partial charge is 0.315 e. The van der Waals surface area contributed by atoms with Gasteiger partial charge in [0.05, 0.1) is 40.4 Å². The molecule has 1 aliphatic rings. The van der Waals surface area contributed by atoms with Gasteiger partial charge >= 0.3 is 6.03 Å². The number of carbonyl (C=O) groups excluding carboxylic acids is 2. The average molecular weight is 539 g/mol. The second-order valence-corrected chi connectivity index (χ2v) is 9.72. The molecule has 1 saturated carbocycles. The zero-order valence-corrected chi connectivity index (χ0v) is 19.1. The number of anilines is 1. The van der Waals surface area contributed by atoms with Crippen molar-refractivity contribution in [1.29, 1.82) is 0 Å². The van der Waals surface area contributed by atoms with Crippen molar-refractivity contribution in [2.75, 3.05) is 32.0 Å². The largest absolute Gasteiger partial charge is 0.383 e. The number of amides is 3. The molecule has 10 nitrogen and oxygen atoms in total. The zero-order chi connectivity index (χ0) is 21.3. The maximum absolute atomic E-state index is 12.7. The second-order valence-electron chi connectivity index (χ2n) is 6.44. The number of carbonyl (C=O) groups is 2. The number of urea groups is 1. The molecule has 12 heteroatoms. The van der Waals surface area contributed by atoms with Crippen LogP contribution in [0.3, 0.4) is 0 Å². The lowest BCUT2D eigenvalue weighted by Gasteiger charge is -2.19. The standard InChI is InChI=1S/C17H26IN5O5S/c1-19-16(24)12-22-17(25)21-10-9-20-13-5-4-8-15(11-13)29(26,27)23(18)28-14-6-2-3-7-14/h4-5,8,11,14,20H,2-3,6-7,9-10,12H2,1H3,(H,19,24)(H2,21,22,25). The van der Waals surface area contributed by atoms with Crippen LogP contribution < -0.4 is 21.3 Å². The Balaban J connectivity index is 1.82. The van der Waals surface area contributed by atoms with Gasteiger partial charge in [0.1, 0.15) is 0 Å². The molecule has 0 atom stereocenters. The third-order valence-corrected chi connectivity index (χ3v) is 7.38. The summed E-state index contributed by atoms with van der Waals surface area (Å²) in [6.45, 7) is 0.564. The summed E-state index contributed by atoms with van der Waals surface area (Å²) in [4.78, 5) is 28.3. The number of halogens is 1. The fourth-order valence-corrected chi connectivity index (χ4v) is 4.64. The molecule has 1 fully saturated rings. The van der Waals surface area contributed by atoms with Crippen LogP contribution in [0.15, 0.2) is 29.2 Å². The number of hydrogen-bond acceptors (Lipinski definition) is 6. The monoisotopic (exact) mass is 539 g/mol. The predicted molar refractivity (Wildman–Crippen MR) is 117 cm³/mol. The van der Waals surface area contributed by atoms with E-state index in [4.69, 9.17) is 4.84 Å². The fourth-order valence-electron chi connectivity index (χ4n) is 2.71. The molecule has 1 aromatic carbocycles. The van der Waals surface area contributed by atoms with E-state index in [-0.39, 0.29) is 23.5 Å². The van der Waals surface area contributed by atoms with E-state index in [2.05, 4.69) is 21.3 Å². The van der Waals surface area contributed by atoms with Gasteiger partial charge in [-0.1, -0.05) is 18.9 Å². The summed E-state index contributed by atoms with van der Waals surface area (Å²) in [6.07, 6.45) is 3.75. The van der Waals surface area contributed by atoms with E-state index in [1.165, 1.54) is 19.2 Å². The van der Waals surface area contributed by atoms with Crippen LogP contribution in [0.5, 0.6) is 0 Å². The van der Waals surface area contributed by atoms with Crippen molar-refractivity contribution in [2.45, 2.75) is 36.7 Å². The quantitative estimate of drug-likeness (QED) is 0.154. The van der Waals surface area contributed by atoms with Crippen molar-refractivity contribution in [3.8, 4) is 0 Å². The molecule has 0 saturated heterocycles. The summed E-state index contributed by atoms with van der Waals surface area (Å²) in [5, 5.41) is 10.5. The van der Waals surface area contributed by atoms with Crippen LogP contribution in [-0.2, 0) is 19.7 Å². The summed E-state index contributed by atoms with van der Waals surface area (Å²) in [5.41, 5.74) is 0.601. The van der Waals surface area contributed by atoms with Crippen molar-refractivity contribution in [2.24, 2.45) is 0 Å². The first-order chi connectivity index (χ1) is 13.8. The predicted octanol–water partition coefficient (Wildman–Crippen LogP) is 1.36. The third-order valence-electron chi connectivity index (χ3n) is 4.28. The molecule has 1 aromatic rings. The Hall–Kier alpha value is -1.64. The van der Waals surface area contributed by atoms with E-state index in [1.807, 2.05) is 0 Å². The number of hydrogen-bond donors (Lipinski definition) is 4. The van der Waals surface area contributed by atoms with Gasteiger partial charge in [0.25, 0.3) is 10.0 Å². The van der Waals surface area contributed by atoms with Crippen molar-refractivity contribution >= 4 is 50.5 Å². The minimum atomic E-state index is -3.77. The molecule has 0 radical (unpaired) electrons. The number of likely N-dealkylation sites (N-methyl/N-ethyl adjacent to an activating group) is 1. The molecular weight excluding hydrogens is 513 g/mol. The van der Waals surface area contributed by atoms with Crippen LogP contribution in [0, 0.1) is 0 Å². The fraction of sp³-hybridized carbons (Fsp3) is 0.529. The van der Waals surface area contributed by atoms with E-state index in [0.29, 0.717) is 18.8 Å². The Morgan fingerprint density at radius 2 is 1.93 bits per heavy atom. The van der Waals surface area contributed by atoms with Crippen molar-refractivity contribution < 1.29 is 22.8 Å². The van der Waals surface area contributed by atoms with Crippen molar-refractivity contribution in [1.82, 2.24) is 18.6 Å². The highest BCUT2D eigenvalue weighted by atomic mass is 127. The maximum Gasteiger partial charge on any atom is 0.315 e. The number of benzene rings is 1. The van der Waals surface area contributed by atoms with Gasteiger partial charge in [-0.05, 0) is 33.7 Å². The second kappa shape index (κ2) is 11.5. The van der Waals surface area contributed by atoms with Gasteiger partial charge in [0.2, 0.25) is 5.91 Å². The van der Waals surface area contributed by atoms with Crippen LogP contribution >= 0.6 is 22.9 Å². The Kier molecular flexibility index (Phi) is 9.39. The summed E-state index contributed by atoms with van der Waals surface area (Å²) >= 11 is 1.67. The summed E-state index contributed by atoms with van der Waals surface area (Å²) < 4.78 is 26.3. The molecule has 0 unspecified atom stereocenters. The Bertz CT molecular complexity index is 801. The van der Waals surface area contributed by atoms with E-state index >= 15 is 0 Å². The minimum absolute atomic E-state index is 0.0661. The minimum Gasteiger partial charge on any atom is -0.383 e. The number of nitrogens with zero attached hydrogens (tertiary/aromatic N) is 1. The summed E-state index contributed by atoms with van der Waals surface area (Å²) in [5.74, 6) is -0.294. The van der Waals surface area contributed by atoms with Gasteiger partial charge in [0.15, 0.2) is 0 Å². The molecule has 0 spiro atoms. The van der Waals surface area contributed by atoms with E-state index in [9.17, 15) is 18.0 Å². The summed E-state index contributed by atoms with van der Waals surface area (Å²) in [7, 11) is -2.29. The molecule has 0 heterocycles. The molecule has 0 bridgehead atoms. The van der Waals surface area contributed by atoms with Crippen LogP contribution in [0.1, 0.15) is 25.7 Å². The molecule has 4 N–H and O–H groups in total. The highest BCUT2D eigenvalue weighted by molar-refractivity contribution is 14.1. The molecule has 3 amide bonds.